The average molecular weight is 381 g/mol. The highest BCUT2D eigenvalue weighted by molar-refractivity contribution is 8.03. The first-order chi connectivity index (χ1) is 13.3. The standard InChI is InChI=1S/C21H24N4OS/c1-3-25(9-10-26-2)21-24-19(14-27-21)18-13-23-20-17(18)11-16(12-22-20)15-7-5-4-6-8-15/h4-8,11-14,21,24H,3,9-10H2,1-2H3,(H,22,23). The van der Waals surface area contributed by atoms with E-state index in [-0.39, 0.29) is 5.50 Å². The van der Waals surface area contributed by atoms with Crippen molar-refractivity contribution in [1.82, 2.24) is 20.2 Å². The zero-order valence-corrected chi connectivity index (χ0v) is 16.4. The SMILES string of the molecule is CCN(CCOC)C1NC(c2c[nH]c3ncc(-c4ccccc4)cc23)=CS1. The van der Waals surface area contributed by atoms with Gasteiger partial charge in [-0.3, -0.25) is 4.90 Å². The van der Waals surface area contributed by atoms with E-state index in [4.69, 9.17) is 4.74 Å². The van der Waals surface area contributed by atoms with Crippen LogP contribution in [-0.4, -0.2) is 47.2 Å². The molecule has 0 fully saturated rings. The van der Waals surface area contributed by atoms with Crippen molar-refractivity contribution in [2.45, 2.75) is 12.4 Å². The lowest BCUT2D eigenvalue weighted by atomic mass is 10.1. The Labute approximate surface area is 163 Å². The van der Waals surface area contributed by atoms with Gasteiger partial charge in [-0.15, -0.1) is 0 Å². The van der Waals surface area contributed by atoms with E-state index in [0.29, 0.717) is 0 Å². The van der Waals surface area contributed by atoms with Crippen molar-refractivity contribution < 1.29 is 4.74 Å². The number of pyridine rings is 1. The summed E-state index contributed by atoms with van der Waals surface area (Å²) < 4.78 is 5.24. The molecule has 3 heterocycles. The Balaban J connectivity index is 1.59. The molecule has 27 heavy (non-hydrogen) atoms. The summed E-state index contributed by atoms with van der Waals surface area (Å²) in [5.74, 6) is 0. The molecule has 1 aliphatic heterocycles. The minimum atomic E-state index is 0.232. The monoisotopic (exact) mass is 380 g/mol. The molecule has 1 unspecified atom stereocenters. The van der Waals surface area contributed by atoms with E-state index in [1.807, 2.05) is 18.5 Å². The van der Waals surface area contributed by atoms with Crippen LogP contribution in [-0.2, 0) is 4.74 Å². The summed E-state index contributed by atoms with van der Waals surface area (Å²) >= 11 is 1.80. The van der Waals surface area contributed by atoms with E-state index in [1.54, 1.807) is 18.9 Å². The van der Waals surface area contributed by atoms with Gasteiger partial charge in [-0.05, 0) is 23.6 Å². The number of methoxy groups -OCH3 is 1. The maximum atomic E-state index is 5.24. The second kappa shape index (κ2) is 8.17. The third-order valence-corrected chi connectivity index (χ3v) is 5.89. The maximum Gasteiger partial charge on any atom is 0.137 e. The molecule has 1 atom stereocenters. The third kappa shape index (κ3) is 3.74. The largest absolute Gasteiger partial charge is 0.383 e. The molecule has 0 aliphatic carbocycles. The second-order valence-electron chi connectivity index (χ2n) is 6.47. The summed E-state index contributed by atoms with van der Waals surface area (Å²) in [6.07, 6.45) is 3.97. The van der Waals surface area contributed by atoms with Gasteiger partial charge in [0.25, 0.3) is 0 Å². The van der Waals surface area contributed by atoms with Gasteiger partial charge >= 0.3 is 0 Å². The van der Waals surface area contributed by atoms with Crippen LogP contribution in [0.5, 0.6) is 0 Å². The summed E-state index contributed by atoms with van der Waals surface area (Å²) in [6, 6.07) is 12.6. The predicted octanol–water partition coefficient (Wildman–Crippen LogP) is 4.12. The molecule has 1 aliphatic rings. The lowest BCUT2D eigenvalue weighted by Crippen LogP contribution is -2.41. The number of ether oxygens (including phenoxy) is 1. The summed E-state index contributed by atoms with van der Waals surface area (Å²) in [5, 5.41) is 6.99. The average Bonchev–Trinajstić information content (AvgIpc) is 3.36. The van der Waals surface area contributed by atoms with Crippen LogP contribution in [0.25, 0.3) is 27.9 Å². The van der Waals surface area contributed by atoms with E-state index >= 15 is 0 Å². The Morgan fingerprint density at radius 1 is 1.22 bits per heavy atom. The molecular formula is C21H24N4OS. The van der Waals surface area contributed by atoms with Gasteiger partial charge in [-0.1, -0.05) is 49.0 Å². The smallest absolute Gasteiger partial charge is 0.137 e. The van der Waals surface area contributed by atoms with Crippen molar-refractivity contribution in [1.29, 1.82) is 0 Å². The number of hydrogen-bond acceptors (Lipinski definition) is 5. The van der Waals surface area contributed by atoms with Crippen LogP contribution in [0.1, 0.15) is 12.5 Å². The normalized spacial score (nSPS) is 16.7. The number of rotatable bonds is 7. The minimum Gasteiger partial charge on any atom is -0.383 e. The molecule has 4 rings (SSSR count). The number of nitrogens with one attached hydrogen (secondary N) is 2. The van der Waals surface area contributed by atoms with Crippen LogP contribution in [0, 0.1) is 0 Å². The lowest BCUT2D eigenvalue weighted by Gasteiger charge is -2.27. The van der Waals surface area contributed by atoms with Crippen LogP contribution in [0.3, 0.4) is 0 Å². The lowest BCUT2D eigenvalue weighted by molar-refractivity contribution is 0.142. The maximum absolute atomic E-state index is 5.24. The molecule has 5 nitrogen and oxygen atoms in total. The van der Waals surface area contributed by atoms with Crippen molar-refractivity contribution in [3.8, 4) is 11.1 Å². The number of thioether (sulfide) groups is 1. The van der Waals surface area contributed by atoms with Gasteiger partial charge in [0, 0.05) is 42.6 Å². The van der Waals surface area contributed by atoms with Gasteiger partial charge in [0.2, 0.25) is 0 Å². The van der Waals surface area contributed by atoms with Crippen molar-refractivity contribution in [2.24, 2.45) is 0 Å². The molecule has 0 saturated heterocycles. The molecule has 3 aromatic rings. The molecule has 0 amide bonds. The minimum absolute atomic E-state index is 0.232. The molecule has 0 saturated carbocycles. The van der Waals surface area contributed by atoms with E-state index in [0.717, 1.165) is 47.6 Å². The zero-order chi connectivity index (χ0) is 18.6. The first-order valence-corrected chi connectivity index (χ1v) is 10.1. The molecule has 1 aromatic carbocycles. The van der Waals surface area contributed by atoms with Gasteiger partial charge in [-0.25, -0.2) is 4.98 Å². The van der Waals surface area contributed by atoms with E-state index in [1.165, 1.54) is 5.56 Å². The molecule has 0 bridgehead atoms. The zero-order valence-electron chi connectivity index (χ0n) is 15.6. The van der Waals surface area contributed by atoms with Crippen LogP contribution in [0.2, 0.25) is 0 Å². The number of nitrogens with zero attached hydrogens (tertiary/aromatic N) is 2. The van der Waals surface area contributed by atoms with Crippen LogP contribution < -0.4 is 5.32 Å². The number of fused-ring (bicyclic) bond motifs is 1. The van der Waals surface area contributed by atoms with Crippen molar-refractivity contribution in [2.75, 3.05) is 26.8 Å². The van der Waals surface area contributed by atoms with E-state index < -0.39 is 0 Å². The second-order valence-corrected chi connectivity index (χ2v) is 7.43. The fourth-order valence-corrected chi connectivity index (χ4v) is 4.40. The van der Waals surface area contributed by atoms with Gasteiger partial charge in [0.05, 0.1) is 12.3 Å². The third-order valence-electron chi connectivity index (χ3n) is 4.84. The molecule has 0 radical (unpaired) electrons. The van der Waals surface area contributed by atoms with Gasteiger partial charge in [0.15, 0.2) is 0 Å². The van der Waals surface area contributed by atoms with Crippen molar-refractivity contribution in [3.05, 3.63) is 59.8 Å². The van der Waals surface area contributed by atoms with Crippen LogP contribution in [0.15, 0.2) is 54.2 Å². The molecule has 2 aromatic heterocycles. The number of hydrogen-bond donors (Lipinski definition) is 2. The quantitative estimate of drug-likeness (QED) is 0.646. The predicted molar refractivity (Wildman–Crippen MR) is 113 cm³/mol. The summed E-state index contributed by atoms with van der Waals surface area (Å²) in [6.45, 7) is 4.80. The molecule has 140 valence electrons. The number of likely N-dealkylation sites (N-methyl/N-ethyl adjacent to an activating group) is 1. The first kappa shape index (κ1) is 18.1. The summed E-state index contributed by atoms with van der Waals surface area (Å²) in [4.78, 5) is 10.3. The molecule has 0 spiro atoms. The first-order valence-electron chi connectivity index (χ1n) is 9.18. The van der Waals surface area contributed by atoms with Gasteiger partial charge in [0.1, 0.15) is 11.1 Å². The highest BCUT2D eigenvalue weighted by Crippen LogP contribution is 2.33. The Bertz CT molecular complexity index is 938. The van der Waals surface area contributed by atoms with E-state index in [2.05, 4.69) is 62.8 Å². The molecule has 6 heteroatoms. The van der Waals surface area contributed by atoms with Crippen molar-refractivity contribution >= 4 is 28.5 Å². The van der Waals surface area contributed by atoms with Crippen LogP contribution in [0.4, 0.5) is 0 Å². The Morgan fingerprint density at radius 3 is 2.85 bits per heavy atom. The van der Waals surface area contributed by atoms with Gasteiger partial charge < -0.3 is 15.0 Å². The number of aromatic amines is 1. The van der Waals surface area contributed by atoms with Crippen LogP contribution >= 0.6 is 11.8 Å². The number of H-pyrrole nitrogens is 1. The van der Waals surface area contributed by atoms with Crippen molar-refractivity contribution in [3.63, 3.8) is 0 Å². The fourth-order valence-electron chi connectivity index (χ4n) is 3.32. The summed E-state index contributed by atoms with van der Waals surface area (Å²) in [5.41, 5.74) is 5.74. The fraction of sp³-hybridized carbons (Fsp3) is 0.286. The molecule has 2 N–H and O–H groups in total. The highest BCUT2D eigenvalue weighted by Gasteiger charge is 2.24. The Morgan fingerprint density at radius 2 is 2.07 bits per heavy atom. The van der Waals surface area contributed by atoms with E-state index in [9.17, 15) is 0 Å². The number of benzene rings is 1. The highest BCUT2D eigenvalue weighted by atomic mass is 32.2. The Hall–Kier alpha value is -2.28. The van der Waals surface area contributed by atoms with Gasteiger partial charge in [-0.2, -0.15) is 0 Å². The topological polar surface area (TPSA) is 53.2 Å². The summed E-state index contributed by atoms with van der Waals surface area (Å²) in [7, 11) is 1.75. The number of aromatic nitrogens is 2. The molecular weight excluding hydrogens is 356 g/mol. The Kier molecular flexibility index (Phi) is 5.48.